The molecule has 184 valence electrons. The topological polar surface area (TPSA) is 78.4 Å². The van der Waals surface area contributed by atoms with Crippen LogP contribution in [0.4, 0.5) is 0 Å². The van der Waals surface area contributed by atoms with Crippen LogP contribution >= 0.6 is 11.6 Å². The molecule has 0 saturated heterocycles. The summed E-state index contributed by atoms with van der Waals surface area (Å²) in [6, 6.07) is 20.0. The molecule has 0 bridgehead atoms. The Labute approximate surface area is 210 Å². The summed E-state index contributed by atoms with van der Waals surface area (Å²) in [5.41, 5.74) is 4.85. The first kappa shape index (κ1) is 26.1. The number of rotatable bonds is 13. The summed E-state index contributed by atoms with van der Waals surface area (Å²) >= 11 is 5.92. The van der Waals surface area contributed by atoms with Gasteiger partial charge in [0.25, 0.3) is 5.91 Å². The van der Waals surface area contributed by atoms with Crippen LogP contribution in [-0.2, 0) is 4.74 Å². The summed E-state index contributed by atoms with van der Waals surface area (Å²) in [5, 5.41) is 4.50. The lowest BCUT2D eigenvalue weighted by atomic mass is 10.2. The predicted octanol–water partition coefficient (Wildman–Crippen LogP) is 5.29. The van der Waals surface area contributed by atoms with E-state index in [4.69, 9.17) is 30.5 Å². The molecule has 0 aliphatic carbocycles. The van der Waals surface area contributed by atoms with E-state index in [1.165, 1.54) is 11.8 Å². The molecule has 0 spiro atoms. The van der Waals surface area contributed by atoms with Gasteiger partial charge in [0.15, 0.2) is 11.5 Å². The van der Waals surface area contributed by atoms with Crippen molar-refractivity contribution in [3.63, 3.8) is 0 Å². The molecule has 0 fully saturated rings. The second kappa shape index (κ2) is 14.0. The number of nitrogens with one attached hydrogen (secondary N) is 1. The summed E-state index contributed by atoms with van der Waals surface area (Å²) < 4.78 is 22.7. The van der Waals surface area contributed by atoms with Crippen molar-refractivity contribution >= 4 is 23.7 Å². The van der Waals surface area contributed by atoms with E-state index >= 15 is 0 Å². The van der Waals surface area contributed by atoms with Crippen LogP contribution in [0.25, 0.3) is 0 Å². The number of aryl methyl sites for hydroxylation is 1. The van der Waals surface area contributed by atoms with E-state index in [0.717, 1.165) is 11.3 Å². The molecule has 35 heavy (non-hydrogen) atoms. The molecule has 0 atom stereocenters. The minimum Gasteiger partial charge on any atom is -0.491 e. The zero-order valence-corrected chi connectivity index (χ0v) is 20.6. The highest BCUT2D eigenvalue weighted by molar-refractivity contribution is 6.30. The first-order chi connectivity index (χ1) is 17.0. The molecule has 1 amide bonds. The molecule has 0 aliphatic rings. The van der Waals surface area contributed by atoms with Crippen LogP contribution in [0.15, 0.2) is 71.8 Å². The Morgan fingerprint density at radius 1 is 0.914 bits per heavy atom. The monoisotopic (exact) mass is 496 g/mol. The van der Waals surface area contributed by atoms with Crippen molar-refractivity contribution in [2.75, 3.05) is 33.0 Å². The maximum Gasteiger partial charge on any atom is 0.271 e. The smallest absolute Gasteiger partial charge is 0.271 e. The maximum atomic E-state index is 12.2. The Morgan fingerprint density at radius 2 is 1.69 bits per heavy atom. The summed E-state index contributed by atoms with van der Waals surface area (Å²) in [6.45, 7) is 6.13. The number of hydrogen-bond donors (Lipinski definition) is 1. The molecule has 0 saturated carbocycles. The third-order valence-electron chi connectivity index (χ3n) is 4.74. The van der Waals surface area contributed by atoms with E-state index in [2.05, 4.69) is 10.5 Å². The number of benzene rings is 3. The van der Waals surface area contributed by atoms with Gasteiger partial charge < -0.3 is 18.9 Å². The number of halogens is 1. The van der Waals surface area contributed by atoms with Crippen LogP contribution in [0.3, 0.4) is 0 Å². The number of hydrazone groups is 1. The third-order valence-corrected chi connectivity index (χ3v) is 4.97. The van der Waals surface area contributed by atoms with Crippen LogP contribution < -0.4 is 19.6 Å². The normalized spacial score (nSPS) is 10.8. The van der Waals surface area contributed by atoms with Gasteiger partial charge in [-0.25, -0.2) is 5.43 Å². The molecule has 0 aromatic heterocycles. The number of hydrogen-bond acceptors (Lipinski definition) is 6. The molecule has 8 heteroatoms. The second-order valence-corrected chi connectivity index (χ2v) is 7.91. The lowest BCUT2D eigenvalue weighted by Gasteiger charge is -2.13. The number of carbonyl (C=O) groups excluding carboxylic acids is 1. The Balaban J connectivity index is 1.42. The molecule has 0 heterocycles. The van der Waals surface area contributed by atoms with E-state index in [1.54, 1.807) is 36.4 Å². The molecular formula is C27H29ClN2O5. The van der Waals surface area contributed by atoms with Crippen molar-refractivity contribution in [3.05, 3.63) is 88.4 Å². The Hall–Kier alpha value is -3.55. The number of nitrogens with zero attached hydrogens (tertiary/aromatic N) is 1. The number of ether oxygens (including phenoxy) is 4. The van der Waals surface area contributed by atoms with Crippen LogP contribution in [0.1, 0.15) is 28.4 Å². The Bertz CT molecular complexity index is 1120. The first-order valence-corrected chi connectivity index (χ1v) is 11.7. The number of amides is 1. The summed E-state index contributed by atoms with van der Waals surface area (Å²) in [6.07, 6.45) is 1.53. The average Bonchev–Trinajstić information content (AvgIpc) is 2.85. The molecule has 0 aliphatic heterocycles. The van der Waals surface area contributed by atoms with Crippen LogP contribution in [-0.4, -0.2) is 45.2 Å². The van der Waals surface area contributed by atoms with Gasteiger partial charge >= 0.3 is 0 Å². The highest BCUT2D eigenvalue weighted by atomic mass is 35.5. The minimum atomic E-state index is -0.349. The fraction of sp³-hybridized carbons (Fsp3) is 0.259. The quantitative estimate of drug-likeness (QED) is 0.198. The van der Waals surface area contributed by atoms with Crippen LogP contribution in [0.5, 0.6) is 17.2 Å². The van der Waals surface area contributed by atoms with Gasteiger partial charge in [-0.1, -0.05) is 35.4 Å². The van der Waals surface area contributed by atoms with Gasteiger partial charge in [-0.2, -0.15) is 5.10 Å². The van der Waals surface area contributed by atoms with Gasteiger partial charge in [0.1, 0.15) is 19.0 Å². The van der Waals surface area contributed by atoms with Gasteiger partial charge in [0, 0.05) is 10.6 Å². The first-order valence-electron chi connectivity index (χ1n) is 11.3. The summed E-state index contributed by atoms with van der Waals surface area (Å²) in [4.78, 5) is 12.2. The SMILES string of the molecule is CCOc1cc(/C=N/NC(=O)c2cccc(Cl)c2)ccc1OCCOCCOc1ccc(C)cc1. The Kier molecular flexibility index (Phi) is 10.4. The van der Waals surface area contributed by atoms with Crippen molar-refractivity contribution in [3.8, 4) is 17.2 Å². The lowest BCUT2D eigenvalue weighted by molar-refractivity contribution is 0.0755. The standard InChI is InChI=1S/C27H29ClN2O5/c1-3-33-26-17-21(19-29-30-27(31)22-5-4-6-23(28)18-22)9-12-25(26)35-16-14-32-13-15-34-24-10-7-20(2)8-11-24/h4-12,17-19H,3,13-16H2,1-2H3,(H,30,31)/b29-19+. The average molecular weight is 497 g/mol. The van der Waals surface area contributed by atoms with Crippen molar-refractivity contribution in [2.24, 2.45) is 5.10 Å². The maximum absolute atomic E-state index is 12.2. The van der Waals surface area contributed by atoms with Gasteiger partial charge in [-0.05, 0) is 67.9 Å². The molecule has 3 rings (SSSR count). The lowest BCUT2D eigenvalue weighted by Crippen LogP contribution is -2.17. The second-order valence-electron chi connectivity index (χ2n) is 7.47. The largest absolute Gasteiger partial charge is 0.491 e. The summed E-state index contributed by atoms with van der Waals surface area (Å²) in [7, 11) is 0. The van der Waals surface area contributed by atoms with Crippen LogP contribution in [0.2, 0.25) is 5.02 Å². The predicted molar refractivity (Wildman–Crippen MR) is 137 cm³/mol. The molecule has 1 N–H and O–H groups in total. The van der Waals surface area contributed by atoms with Crippen molar-refractivity contribution in [1.29, 1.82) is 0 Å². The van der Waals surface area contributed by atoms with Gasteiger partial charge in [0.05, 0.1) is 26.0 Å². The fourth-order valence-corrected chi connectivity index (χ4v) is 3.21. The summed E-state index contributed by atoms with van der Waals surface area (Å²) in [5.74, 6) is 1.66. The van der Waals surface area contributed by atoms with Crippen molar-refractivity contribution in [1.82, 2.24) is 5.43 Å². The van der Waals surface area contributed by atoms with Crippen molar-refractivity contribution < 1.29 is 23.7 Å². The third kappa shape index (κ3) is 8.96. The highest BCUT2D eigenvalue weighted by Gasteiger charge is 2.07. The molecule has 0 radical (unpaired) electrons. The van der Waals surface area contributed by atoms with Crippen LogP contribution in [0, 0.1) is 6.92 Å². The minimum absolute atomic E-state index is 0.349. The molecular weight excluding hydrogens is 468 g/mol. The highest BCUT2D eigenvalue weighted by Crippen LogP contribution is 2.28. The van der Waals surface area contributed by atoms with Gasteiger partial charge in [-0.15, -0.1) is 0 Å². The zero-order chi connectivity index (χ0) is 24.9. The van der Waals surface area contributed by atoms with Crippen molar-refractivity contribution in [2.45, 2.75) is 13.8 Å². The van der Waals surface area contributed by atoms with Gasteiger partial charge in [0.2, 0.25) is 0 Å². The van der Waals surface area contributed by atoms with E-state index in [1.807, 2.05) is 44.2 Å². The van der Waals surface area contributed by atoms with E-state index < -0.39 is 0 Å². The van der Waals surface area contributed by atoms with E-state index in [0.29, 0.717) is 55.1 Å². The van der Waals surface area contributed by atoms with E-state index in [9.17, 15) is 4.79 Å². The van der Waals surface area contributed by atoms with E-state index in [-0.39, 0.29) is 5.91 Å². The van der Waals surface area contributed by atoms with Gasteiger partial charge in [-0.3, -0.25) is 4.79 Å². The molecule has 7 nitrogen and oxygen atoms in total. The molecule has 3 aromatic carbocycles. The molecule has 3 aromatic rings. The Morgan fingerprint density at radius 3 is 2.43 bits per heavy atom. The number of carbonyl (C=O) groups is 1. The fourth-order valence-electron chi connectivity index (χ4n) is 3.02. The zero-order valence-electron chi connectivity index (χ0n) is 19.8. The molecule has 0 unspecified atom stereocenters.